The Hall–Kier alpha value is -4.01. The van der Waals surface area contributed by atoms with Gasteiger partial charge in [-0.05, 0) is 30.7 Å². The number of phenols is 1. The minimum absolute atomic E-state index is 0.144. The van der Waals surface area contributed by atoms with Crippen LogP contribution in [0.5, 0.6) is 5.75 Å². The number of benzene rings is 1. The number of nitrogens with one attached hydrogen (secondary N) is 3. The van der Waals surface area contributed by atoms with Crippen LogP contribution in [-0.2, 0) is 18.4 Å². The average Bonchev–Trinajstić information content (AvgIpc) is 3.33. The van der Waals surface area contributed by atoms with Crippen molar-refractivity contribution < 1.29 is 14.5 Å². The lowest BCUT2D eigenvalue weighted by atomic mass is 10.1. The van der Waals surface area contributed by atoms with Crippen LogP contribution in [0.25, 0.3) is 5.52 Å². The molecule has 0 unspecified atom stereocenters. The number of aromatic hydroxyl groups is 1. The van der Waals surface area contributed by atoms with Crippen molar-refractivity contribution in [1.29, 1.82) is 0 Å². The summed E-state index contributed by atoms with van der Waals surface area (Å²) in [4.78, 5) is 10.9. The number of rotatable bonds is 9. The Balaban J connectivity index is 1.64. The summed E-state index contributed by atoms with van der Waals surface area (Å²) in [5.74, 6) is 0.881. The van der Waals surface area contributed by atoms with Gasteiger partial charge in [0.25, 0.3) is 0 Å². The molecule has 3 heterocycles. The molecule has 0 saturated heterocycles. The first-order valence-corrected chi connectivity index (χ1v) is 10.1. The third kappa shape index (κ3) is 4.45. The number of hydrogen-bond donors (Lipinski definition) is 4. The number of phenolic OH excluding ortho intramolecular Hbond substituents is 1. The Bertz CT molecular complexity index is 1210. The van der Waals surface area contributed by atoms with E-state index in [9.17, 15) is 9.90 Å². The number of carbonyl (C=O) groups excluding carboxylic acids is 1. The number of nitrogens with zero attached hydrogens (tertiary/aromatic N) is 4. The van der Waals surface area contributed by atoms with Gasteiger partial charge >= 0.3 is 0 Å². The highest BCUT2D eigenvalue weighted by atomic mass is 16.3. The van der Waals surface area contributed by atoms with Gasteiger partial charge in [0, 0.05) is 12.3 Å². The normalized spacial score (nSPS) is 10.9. The van der Waals surface area contributed by atoms with E-state index < -0.39 is 0 Å². The molecular formula is C22H26N7O2+. The van der Waals surface area contributed by atoms with Gasteiger partial charge in [-0.3, -0.25) is 0 Å². The van der Waals surface area contributed by atoms with Crippen molar-refractivity contribution in [1.82, 2.24) is 14.2 Å². The van der Waals surface area contributed by atoms with Gasteiger partial charge in [0.05, 0.1) is 37.0 Å². The van der Waals surface area contributed by atoms with Crippen LogP contribution >= 0.6 is 0 Å². The topological polar surface area (TPSA) is 99.5 Å². The highest BCUT2D eigenvalue weighted by Gasteiger charge is 2.16. The highest BCUT2D eigenvalue weighted by molar-refractivity contribution is 5.90. The van der Waals surface area contributed by atoms with Crippen molar-refractivity contribution in [3.05, 3.63) is 60.8 Å². The van der Waals surface area contributed by atoms with Gasteiger partial charge in [-0.2, -0.15) is 0 Å². The fourth-order valence-corrected chi connectivity index (χ4v) is 3.42. The first kappa shape index (κ1) is 20.3. The molecule has 0 fully saturated rings. The Morgan fingerprint density at radius 3 is 2.84 bits per heavy atom. The molecule has 0 bridgehead atoms. The van der Waals surface area contributed by atoms with Crippen LogP contribution in [0.3, 0.4) is 0 Å². The van der Waals surface area contributed by atoms with Gasteiger partial charge < -0.3 is 25.9 Å². The second-order valence-electron chi connectivity index (χ2n) is 7.35. The zero-order chi connectivity index (χ0) is 21.8. The zero-order valence-corrected chi connectivity index (χ0v) is 17.5. The molecule has 160 valence electrons. The van der Waals surface area contributed by atoms with Gasteiger partial charge in [0.15, 0.2) is 5.82 Å². The Kier molecular flexibility index (Phi) is 5.74. The molecule has 3 aromatic heterocycles. The third-order valence-electron chi connectivity index (χ3n) is 5.00. The largest absolute Gasteiger partial charge is 0.508 e. The molecule has 1 aromatic carbocycles. The molecule has 0 amide bonds. The predicted octanol–water partition coefficient (Wildman–Crippen LogP) is 2.44. The van der Waals surface area contributed by atoms with Crippen LogP contribution < -0.4 is 20.5 Å². The molecule has 0 aliphatic heterocycles. The number of aromatic nitrogens is 4. The van der Waals surface area contributed by atoms with E-state index in [0.717, 1.165) is 41.1 Å². The molecule has 4 N–H and O–H groups in total. The second kappa shape index (κ2) is 8.78. The Morgan fingerprint density at radius 2 is 2.06 bits per heavy atom. The molecule has 31 heavy (non-hydrogen) atoms. The SMILES string of the molecule is Cc1cc(Nc2c(NCCn3cc[n+](C)c3)nn3ccccc23)c(NCC=O)cc1O. The van der Waals surface area contributed by atoms with Gasteiger partial charge in [0.2, 0.25) is 6.33 Å². The minimum Gasteiger partial charge on any atom is -0.508 e. The van der Waals surface area contributed by atoms with Crippen molar-refractivity contribution in [2.24, 2.45) is 7.05 Å². The molecule has 0 aliphatic carbocycles. The summed E-state index contributed by atoms with van der Waals surface area (Å²) in [6.45, 7) is 3.46. The molecule has 4 aromatic rings. The number of fused-ring (bicyclic) bond motifs is 1. The van der Waals surface area contributed by atoms with E-state index in [4.69, 9.17) is 0 Å². The molecule has 0 spiro atoms. The van der Waals surface area contributed by atoms with E-state index in [1.807, 2.05) is 72.2 Å². The number of carbonyl (C=O) groups is 1. The quantitative estimate of drug-likeness (QED) is 0.189. The molecule has 9 heteroatoms. The van der Waals surface area contributed by atoms with Crippen molar-refractivity contribution in [3.63, 3.8) is 0 Å². The van der Waals surface area contributed by atoms with Gasteiger partial charge in [0.1, 0.15) is 36.7 Å². The lowest BCUT2D eigenvalue weighted by Gasteiger charge is -2.15. The molecule has 0 saturated carbocycles. The Morgan fingerprint density at radius 1 is 1.19 bits per heavy atom. The van der Waals surface area contributed by atoms with Gasteiger partial charge in [-0.15, -0.1) is 5.10 Å². The van der Waals surface area contributed by atoms with Crippen molar-refractivity contribution >= 4 is 34.7 Å². The van der Waals surface area contributed by atoms with Crippen LogP contribution in [0.1, 0.15) is 5.56 Å². The van der Waals surface area contributed by atoms with E-state index >= 15 is 0 Å². The number of imidazole rings is 1. The van der Waals surface area contributed by atoms with Crippen LogP contribution in [-0.4, -0.2) is 38.7 Å². The minimum atomic E-state index is 0.144. The van der Waals surface area contributed by atoms with Crippen LogP contribution in [0.2, 0.25) is 0 Å². The van der Waals surface area contributed by atoms with Crippen LogP contribution in [0.4, 0.5) is 22.9 Å². The monoisotopic (exact) mass is 420 g/mol. The Labute approximate surface area is 179 Å². The summed E-state index contributed by atoms with van der Waals surface area (Å²) in [6.07, 6.45) is 8.72. The van der Waals surface area contributed by atoms with E-state index in [1.165, 1.54) is 0 Å². The standard InChI is InChI=1S/C22H25N7O2/c1-16-13-18(17(14-20(16)31)23-7-12-30)25-21-19-5-3-4-8-29(19)26-22(21)24-6-9-28-11-10-27(2)15-28/h3-5,8,10-15,23,25H,6-7,9H2,1-2H3,(H-,24,26,31)/p+1. The summed E-state index contributed by atoms with van der Waals surface area (Å²) >= 11 is 0. The summed E-state index contributed by atoms with van der Waals surface area (Å²) in [5.41, 5.74) is 3.83. The smallest absolute Gasteiger partial charge is 0.243 e. The van der Waals surface area contributed by atoms with Crippen molar-refractivity contribution in [2.75, 3.05) is 29.0 Å². The van der Waals surface area contributed by atoms with Gasteiger partial charge in [-0.1, -0.05) is 6.07 Å². The fourth-order valence-electron chi connectivity index (χ4n) is 3.42. The lowest BCUT2D eigenvalue weighted by molar-refractivity contribution is -0.671. The third-order valence-corrected chi connectivity index (χ3v) is 5.00. The number of hydrogen-bond acceptors (Lipinski definition) is 6. The van der Waals surface area contributed by atoms with E-state index in [-0.39, 0.29) is 12.3 Å². The zero-order valence-electron chi connectivity index (χ0n) is 17.5. The summed E-state index contributed by atoms with van der Waals surface area (Å²) in [6, 6.07) is 9.33. The van der Waals surface area contributed by atoms with E-state index in [0.29, 0.717) is 12.2 Å². The molecule has 0 radical (unpaired) electrons. The highest BCUT2D eigenvalue weighted by Crippen LogP contribution is 2.36. The lowest BCUT2D eigenvalue weighted by Crippen LogP contribution is -2.24. The summed E-state index contributed by atoms with van der Waals surface area (Å²) < 4.78 is 5.91. The van der Waals surface area contributed by atoms with Crippen molar-refractivity contribution in [2.45, 2.75) is 13.5 Å². The summed E-state index contributed by atoms with van der Waals surface area (Å²) in [5, 5.41) is 24.7. The molecule has 9 nitrogen and oxygen atoms in total. The maximum Gasteiger partial charge on any atom is 0.243 e. The van der Waals surface area contributed by atoms with E-state index in [2.05, 4.69) is 25.6 Å². The molecule has 0 aliphatic rings. The predicted molar refractivity (Wildman–Crippen MR) is 120 cm³/mol. The second-order valence-corrected chi connectivity index (χ2v) is 7.35. The van der Waals surface area contributed by atoms with E-state index in [1.54, 1.807) is 6.07 Å². The maximum atomic E-state index is 10.9. The van der Waals surface area contributed by atoms with Gasteiger partial charge in [-0.25, -0.2) is 13.6 Å². The number of aryl methyl sites for hydroxylation is 2. The average molecular weight is 420 g/mol. The number of pyridine rings is 1. The molecule has 0 atom stereocenters. The van der Waals surface area contributed by atoms with Crippen LogP contribution in [0.15, 0.2) is 55.2 Å². The van der Waals surface area contributed by atoms with Crippen LogP contribution in [0, 0.1) is 6.92 Å². The molecular weight excluding hydrogens is 394 g/mol. The first-order valence-electron chi connectivity index (χ1n) is 10.1. The first-order chi connectivity index (χ1) is 15.0. The molecule has 4 rings (SSSR count). The van der Waals surface area contributed by atoms with Crippen molar-refractivity contribution in [3.8, 4) is 5.75 Å². The summed E-state index contributed by atoms with van der Waals surface area (Å²) in [7, 11) is 1.99. The number of anilines is 4. The maximum absolute atomic E-state index is 10.9. The number of aldehydes is 1. The fraction of sp³-hybridized carbons (Fsp3) is 0.227.